The molecule has 1 aliphatic heterocycles. The molecule has 0 spiro atoms. The predicted molar refractivity (Wildman–Crippen MR) is 105 cm³/mol. The number of rotatable bonds is 4. The van der Waals surface area contributed by atoms with Crippen molar-refractivity contribution in [2.24, 2.45) is 5.92 Å². The molecule has 2 aliphatic rings. The first kappa shape index (κ1) is 19.7. The third kappa shape index (κ3) is 4.61. The minimum atomic E-state index is -0.805. The van der Waals surface area contributed by atoms with Gasteiger partial charge in [-0.15, -0.1) is 0 Å². The van der Waals surface area contributed by atoms with Crippen LogP contribution in [0.5, 0.6) is 0 Å². The van der Waals surface area contributed by atoms with Crippen LogP contribution in [0.1, 0.15) is 48.9 Å². The average Bonchev–Trinajstić information content (AvgIpc) is 2.78. The number of nitrogens with one attached hydrogen (secondary N) is 1. The summed E-state index contributed by atoms with van der Waals surface area (Å²) < 4.78 is 0. The van der Waals surface area contributed by atoms with Gasteiger partial charge in [0.2, 0.25) is 0 Å². The Balaban J connectivity index is 1.61. The standard InChI is InChI=1S/C21H31N3O3/c1-14-6-7-16-12-15(2)20(18(16)11-14)22-21(27)24-9-4-5-17(8-10-24)23(3)13-19(25)26/h6-7,11,15,17,20H,4-5,8-10,12-13H2,1-3H3,(H,22,27)(H,25,26). The van der Waals surface area contributed by atoms with Crippen LogP contribution in [0.25, 0.3) is 0 Å². The summed E-state index contributed by atoms with van der Waals surface area (Å²) in [6, 6.07) is 6.81. The summed E-state index contributed by atoms with van der Waals surface area (Å²) in [4.78, 5) is 27.6. The van der Waals surface area contributed by atoms with Gasteiger partial charge in [0.15, 0.2) is 0 Å². The van der Waals surface area contributed by atoms with Gasteiger partial charge in [-0.05, 0) is 56.7 Å². The molecule has 0 saturated carbocycles. The van der Waals surface area contributed by atoms with Crippen LogP contribution in [0.3, 0.4) is 0 Å². The number of carbonyl (C=O) groups excluding carboxylic acids is 1. The highest BCUT2D eigenvalue weighted by molar-refractivity contribution is 5.75. The van der Waals surface area contributed by atoms with Crippen molar-refractivity contribution in [3.05, 3.63) is 34.9 Å². The Labute approximate surface area is 161 Å². The number of benzene rings is 1. The predicted octanol–water partition coefficient (Wildman–Crippen LogP) is 2.81. The highest BCUT2D eigenvalue weighted by Gasteiger charge is 2.32. The number of likely N-dealkylation sites (tertiary alicyclic amines) is 1. The second-order valence-electron chi connectivity index (χ2n) is 8.19. The molecule has 0 aromatic heterocycles. The second kappa shape index (κ2) is 8.30. The Kier molecular flexibility index (Phi) is 6.05. The number of amides is 2. The van der Waals surface area contributed by atoms with Gasteiger partial charge in [-0.25, -0.2) is 4.79 Å². The number of hydrogen-bond donors (Lipinski definition) is 2. The first-order valence-corrected chi connectivity index (χ1v) is 9.92. The number of likely N-dealkylation sites (N-methyl/N-ethyl adjacent to an activating group) is 1. The van der Waals surface area contributed by atoms with Crippen LogP contribution in [0.15, 0.2) is 18.2 Å². The minimum absolute atomic E-state index is 0.00254. The average molecular weight is 373 g/mol. The highest BCUT2D eigenvalue weighted by Crippen LogP contribution is 2.36. The maximum Gasteiger partial charge on any atom is 0.317 e. The van der Waals surface area contributed by atoms with E-state index in [-0.39, 0.29) is 24.7 Å². The van der Waals surface area contributed by atoms with E-state index in [0.29, 0.717) is 12.5 Å². The molecule has 2 amide bonds. The van der Waals surface area contributed by atoms with Crippen LogP contribution in [-0.2, 0) is 11.2 Å². The molecule has 1 aromatic carbocycles. The summed E-state index contributed by atoms with van der Waals surface area (Å²) in [5, 5.41) is 12.3. The van der Waals surface area contributed by atoms with E-state index in [9.17, 15) is 9.59 Å². The molecule has 148 valence electrons. The summed E-state index contributed by atoms with van der Waals surface area (Å²) in [5.74, 6) is -0.410. The summed E-state index contributed by atoms with van der Waals surface area (Å²) in [5.41, 5.74) is 3.82. The largest absolute Gasteiger partial charge is 0.480 e. The van der Waals surface area contributed by atoms with Crippen molar-refractivity contribution in [1.29, 1.82) is 0 Å². The van der Waals surface area contributed by atoms with Gasteiger partial charge >= 0.3 is 12.0 Å². The number of aliphatic carboxylic acids is 1. The normalized spacial score (nSPS) is 25.2. The molecule has 1 saturated heterocycles. The molecule has 6 heteroatoms. The van der Waals surface area contributed by atoms with E-state index in [1.54, 1.807) is 0 Å². The molecule has 1 aliphatic carbocycles. The van der Waals surface area contributed by atoms with E-state index >= 15 is 0 Å². The van der Waals surface area contributed by atoms with Gasteiger partial charge < -0.3 is 15.3 Å². The summed E-state index contributed by atoms with van der Waals surface area (Å²) >= 11 is 0. The fourth-order valence-electron chi connectivity index (χ4n) is 4.47. The second-order valence-corrected chi connectivity index (χ2v) is 8.19. The smallest absolute Gasteiger partial charge is 0.317 e. The first-order valence-electron chi connectivity index (χ1n) is 9.92. The van der Waals surface area contributed by atoms with Crippen LogP contribution in [0, 0.1) is 12.8 Å². The van der Waals surface area contributed by atoms with E-state index in [1.807, 2.05) is 16.8 Å². The Morgan fingerprint density at radius 1 is 1.30 bits per heavy atom. The molecule has 27 heavy (non-hydrogen) atoms. The fraction of sp³-hybridized carbons (Fsp3) is 0.619. The van der Waals surface area contributed by atoms with E-state index in [0.717, 1.165) is 32.2 Å². The van der Waals surface area contributed by atoms with Gasteiger partial charge in [-0.1, -0.05) is 30.7 Å². The SMILES string of the molecule is Cc1ccc2c(c1)C(NC(=O)N1CCCC(N(C)CC(=O)O)CC1)C(C)C2. The highest BCUT2D eigenvalue weighted by atomic mass is 16.4. The maximum absolute atomic E-state index is 12.9. The van der Waals surface area contributed by atoms with Gasteiger partial charge in [-0.2, -0.15) is 0 Å². The fourth-order valence-corrected chi connectivity index (χ4v) is 4.47. The number of carboxylic acid groups (broad SMARTS) is 1. The molecule has 3 atom stereocenters. The van der Waals surface area contributed by atoms with Crippen LogP contribution < -0.4 is 5.32 Å². The first-order chi connectivity index (χ1) is 12.8. The van der Waals surface area contributed by atoms with Crippen molar-refractivity contribution < 1.29 is 14.7 Å². The molecule has 0 radical (unpaired) electrons. The number of fused-ring (bicyclic) bond motifs is 1. The van der Waals surface area contributed by atoms with Gasteiger partial charge in [-0.3, -0.25) is 9.69 Å². The van der Waals surface area contributed by atoms with Gasteiger partial charge in [0.05, 0.1) is 12.6 Å². The molecule has 1 fully saturated rings. The zero-order valence-corrected chi connectivity index (χ0v) is 16.6. The van der Waals surface area contributed by atoms with E-state index in [2.05, 4.69) is 37.4 Å². The number of urea groups is 1. The summed E-state index contributed by atoms with van der Waals surface area (Å²) in [6.45, 7) is 5.73. The van der Waals surface area contributed by atoms with Gasteiger partial charge in [0, 0.05) is 19.1 Å². The third-order valence-corrected chi connectivity index (χ3v) is 6.02. The molecule has 6 nitrogen and oxygen atoms in total. The lowest BCUT2D eigenvalue weighted by Crippen LogP contribution is -2.43. The lowest BCUT2D eigenvalue weighted by molar-refractivity contribution is -0.138. The van der Waals surface area contributed by atoms with Crippen molar-refractivity contribution in [1.82, 2.24) is 15.1 Å². The van der Waals surface area contributed by atoms with Crippen molar-refractivity contribution in [2.75, 3.05) is 26.7 Å². The lowest BCUT2D eigenvalue weighted by Gasteiger charge is -2.27. The molecule has 1 heterocycles. The number of aryl methyl sites for hydroxylation is 1. The Morgan fingerprint density at radius 3 is 2.81 bits per heavy atom. The number of carbonyl (C=O) groups is 2. The molecule has 2 N–H and O–H groups in total. The molecule has 1 aromatic rings. The van der Waals surface area contributed by atoms with Crippen molar-refractivity contribution in [3.63, 3.8) is 0 Å². The maximum atomic E-state index is 12.9. The van der Waals surface area contributed by atoms with E-state index < -0.39 is 5.97 Å². The Hall–Kier alpha value is -2.08. The molecule has 0 bridgehead atoms. The van der Waals surface area contributed by atoms with Gasteiger partial charge in [0.1, 0.15) is 0 Å². The van der Waals surface area contributed by atoms with Gasteiger partial charge in [0.25, 0.3) is 0 Å². The number of hydrogen-bond acceptors (Lipinski definition) is 3. The Morgan fingerprint density at radius 2 is 2.07 bits per heavy atom. The third-order valence-electron chi connectivity index (χ3n) is 6.02. The van der Waals surface area contributed by atoms with Crippen molar-refractivity contribution in [3.8, 4) is 0 Å². The summed E-state index contributed by atoms with van der Waals surface area (Å²) in [7, 11) is 1.86. The molecule has 3 unspecified atom stereocenters. The quantitative estimate of drug-likeness (QED) is 0.851. The topological polar surface area (TPSA) is 72.9 Å². The Bertz CT molecular complexity index is 706. The van der Waals surface area contributed by atoms with E-state index in [4.69, 9.17) is 5.11 Å². The minimum Gasteiger partial charge on any atom is -0.480 e. The lowest BCUT2D eigenvalue weighted by atomic mass is 10.0. The molecule has 3 rings (SSSR count). The van der Waals surface area contributed by atoms with Crippen LogP contribution >= 0.6 is 0 Å². The van der Waals surface area contributed by atoms with Crippen molar-refractivity contribution >= 4 is 12.0 Å². The zero-order chi connectivity index (χ0) is 19.6. The number of nitrogens with zero attached hydrogens (tertiary/aromatic N) is 2. The van der Waals surface area contributed by atoms with Crippen molar-refractivity contribution in [2.45, 2.75) is 51.6 Å². The van der Waals surface area contributed by atoms with E-state index in [1.165, 1.54) is 16.7 Å². The summed E-state index contributed by atoms with van der Waals surface area (Å²) in [6.07, 6.45) is 3.64. The number of carboxylic acids is 1. The van der Waals surface area contributed by atoms with Crippen LogP contribution in [0.4, 0.5) is 4.79 Å². The molecular weight excluding hydrogens is 342 g/mol. The zero-order valence-electron chi connectivity index (χ0n) is 16.6. The van der Waals surface area contributed by atoms with Crippen LogP contribution in [0.2, 0.25) is 0 Å². The molecular formula is C21H31N3O3. The monoisotopic (exact) mass is 373 g/mol. The van der Waals surface area contributed by atoms with Crippen LogP contribution in [-0.4, -0.2) is 59.6 Å².